The normalized spacial score (nSPS) is 19.0. The molecule has 2 heterocycles. The van der Waals surface area contributed by atoms with Crippen molar-refractivity contribution in [2.45, 2.75) is 44.2 Å². The van der Waals surface area contributed by atoms with Crippen molar-refractivity contribution in [3.8, 4) is 0 Å². The van der Waals surface area contributed by atoms with Gasteiger partial charge in [-0.25, -0.2) is 0 Å². The van der Waals surface area contributed by atoms with Crippen molar-refractivity contribution in [1.29, 1.82) is 0 Å². The van der Waals surface area contributed by atoms with Crippen molar-refractivity contribution >= 4 is 17.5 Å². The first kappa shape index (κ1) is 21.4. The summed E-state index contributed by atoms with van der Waals surface area (Å²) in [6.45, 7) is 4.12. The van der Waals surface area contributed by atoms with Crippen molar-refractivity contribution in [1.82, 2.24) is 10.6 Å². The van der Waals surface area contributed by atoms with Crippen LogP contribution in [0.25, 0.3) is 0 Å². The predicted molar refractivity (Wildman–Crippen MR) is 119 cm³/mol. The zero-order chi connectivity index (χ0) is 21.5. The Bertz CT molecular complexity index is 826. The van der Waals surface area contributed by atoms with Crippen LogP contribution in [0, 0.1) is 0 Å². The number of nitrogens with one attached hydrogen (secondary N) is 3. The Kier molecular flexibility index (Phi) is 7.25. The summed E-state index contributed by atoms with van der Waals surface area (Å²) in [5.41, 5.74) is 1.24. The molecule has 1 aromatic heterocycles. The van der Waals surface area contributed by atoms with Gasteiger partial charge in [-0.3, -0.25) is 9.59 Å². The summed E-state index contributed by atoms with van der Waals surface area (Å²) < 4.78 is 5.69. The molecule has 4 rings (SSSR count). The molecule has 2 aliphatic rings. The highest BCUT2D eigenvalue weighted by molar-refractivity contribution is 6.35. The van der Waals surface area contributed by atoms with Gasteiger partial charge in [0.25, 0.3) is 0 Å². The minimum atomic E-state index is -0.551. The van der Waals surface area contributed by atoms with Gasteiger partial charge in [-0.05, 0) is 37.1 Å². The quantitative estimate of drug-likeness (QED) is 0.610. The summed E-state index contributed by atoms with van der Waals surface area (Å²) in [7, 11) is 0. The number of amides is 2. The molecule has 7 nitrogen and oxygen atoms in total. The third kappa shape index (κ3) is 5.67. The predicted octanol–water partition coefficient (Wildman–Crippen LogP) is 1.29. The maximum atomic E-state index is 12.4. The highest BCUT2D eigenvalue weighted by Gasteiger charge is 2.31. The van der Waals surface area contributed by atoms with Crippen molar-refractivity contribution < 1.29 is 18.9 Å². The molecule has 3 N–H and O–H groups in total. The molecular weight excluding hydrogens is 392 g/mol. The van der Waals surface area contributed by atoms with Gasteiger partial charge in [0.15, 0.2) is 11.8 Å². The van der Waals surface area contributed by atoms with Crippen molar-refractivity contribution in [2.24, 2.45) is 0 Å². The minimum Gasteiger partial charge on any atom is -0.463 e. The summed E-state index contributed by atoms with van der Waals surface area (Å²) >= 11 is 0. The molecule has 7 heteroatoms. The number of nitrogens with zero attached hydrogens (tertiary/aromatic N) is 1. The maximum Gasteiger partial charge on any atom is 0.309 e. The molecule has 1 atom stereocenters. The average Bonchev–Trinajstić information content (AvgIpc) is 3.35. The number of quaternary nitrogens is 1. The number of anilines is 1. The van der Waals surface area contributed by atoms with Crippen molar-refractivity contribution in [2.75, 3.05) is 37.6 Å². The molecular formula is C24H33N4O3+. The number of piperazine rings is 1. The van der Waals surface area contributed by atoms with E-state index >= 15 is 0 Å². The summed E-state index contributed by atoms with van der Waals surface area (Å²) in [6.07, 6.45) is 7.04. The lowest BCUT2D eigenvalue weighted by molar-refractivity contribution is -0.932. The van der Waals surface area contributed by atoms with Crippen LogP contribution in [0.15, 0.2) is 53.1 Å². The van der Waals surface area contributed by atoms with Crippen LogP contribution in [0.5, 0.6) is 0 Å². The van der Waals surface area contributed by atoms with Crippen molar-refractivity contribution in [3.63, 3.8) is 0 Å². The van der Waals surface area contributed by atoms with Crippen LogP contribution in [0.3, 0.4) is 0 Å². The van der Waals surface area contributed by atoms with Gasteiger partial charge < -0.3 is 24.9 Å². The topological polar surface area (TPSA) is 79.0 Å². The lowest BCUT2D eigenvalue weighted by atomic mass is 9.95. The van der Waals surface area contributed by atoms with E-state index in [-0.39, 0.29) is 12.1 Å². The molecule has 0 bridgehead atoms. The monoisotopic (exact) mass is 425 g/mol. The molecule has 0 unspecified atom stereocenters. The zero-order valence-corrected chi connectivity index (χ0v) is 18.0. The third-order valence-corrected chi connectivity index (χ3v) is 6.52. The zero-order valence-electron chi connectivity index (χ0n) is 18.0. The Balaban J connectivity index is 1.32. The molecule has 0 spiro atoms. The Labute approximate surface area is 183 Å². The fourth-order valence-corrected chi connectivity index (χ4v) is 4.75. The summed E-state index contributed by atoms with van der Waals surface area (Å²) in [5, 5.41) is 5.75. The maximum absolute atomic E-state index is 12.4. The van der Waals surface area contributed by atoms with Crippen LogP contribution in [-0.4, -0.2) is 50.6 Å². The largest absolute Gasteiger partial charge is 0.463 e. The third-order valence-electron chi connectivity index (χ3n) is 6.52. The Morgan fingerprint density at radius 1 is 1.00 bits per heavy atom. The standard InChI is InChI=1S/C24H32N4O3/c29-23(24(30)26-19-8-3-1-4-9-19)25-18-21(22-12-7-17-31-22)28-15-13-27(14-16-28)20-10-5-2-6-11-20/h2,5-7,10-12,17,19,21H,1,3-4,8-9,13-16,18H2,(H,25,29)(H,26,30)/p+1/t21-/m1/s1. The molecule has 31 heavy (non-hydrogen) atoms. The van der Waals surface area contributed by atoms with Gasteiger partial charge in [-0.1, -0.05) is 37.5 Å². The van der Waals surface area contributed by atoms with Gasteiger partial charge in [-0.2, -0.15) is 0 Å². The van der Waals surface area contributed by atoms with Crippen molar-refractivity contribution in [3.05, 3.63) is 54.5 Å². The van der Waals surface area contributed by atoms with Crippen LogP contribution < -0.4 is 20.4 Å². The molecule has 2 fully saturated rings. The van der Waals surface area contributed by atoms with E-state index in [1.807, 2.05) is 18.2 Å². The Morgan fingerprint density at radius 3 is 2.42 bits per heavy atom. The number of furan rings is 1. The van der Waals surface area contributed by atoms with Gasteiger partial charge in [0.2, 0.25) is 0 Å². The molecule has 2 amide bonds. The number of benzene rings is 1. The number of carbonyl (C=O) groups is 2. The van der Waals surface area contributed by atoms with Gasteiger partial charge in [0.1, 0.15) is 0 Å². The van der Waals surface area contributed by atoms with E-state index in [9.17, 15) is 9.59 Å². The first-order valence-electron chi connectivity index (χ1n) is 11.5. The minimum absolute atomic E-state index is 0.0145. The van der Waals surface area contributed by atoms with E-state index in [0.29, 0.717) is 6.54 Å². The molecule has 0 radical (unpaired) electrons. The highest BCUT2D eigenvalue weighted by atomic mass is 16.3. The summed E-state index contributed by atoms with van der Waals surface area (Å²) in [5.74, 6) is -0.227. The summed E-state index contributed by atoms with van der Waals surface area (Å²) in [6, 6.07) is 14.4. The van der Waals surface area contributed by atoms with Gasteiger partial charge >= 0.3 is 11.8 Å². The van der Waals surface area contributed by atoms with Crippen LogP contribution in [0.4, 0.5) is 5.69 Å². The molecule has 2 aromatic rings. The summed E-state index contributed by atoms with van der Waals surface area (Å²) in [4.78, 5) is 28.5. The fourth-order valence-electron chi connectivity index (χ4n) is 4.75. The van der Waals surface area contributed by atoms with E-state index in [4.69, 9.17) is 4.42 Å². The molecule has 1 aliphatic carbocycles. The van der Waals surface area contributed by atoms with E-state index in [1.165, 1.54) is 17.0 Å². The highest BCUT2D eigenvalue weighted by Crippen LogP contribution is 2.17. The lowest BCUT2D eigenvalue weighted by Gasteiger charge is -2.37. The fraction of sp³-hybridized carbons (Fsp3) is 0.500. The van der Waals surface area contributed by atoms with E-state index in [0.717, 1.165) is 57.6 Å². The Hall–Kier alpha value is -2.80. The molecule has 1 aromatic carbocycles. The van der Waals surface area contributed by atoms with Gasteiger partial charge in [0, 0.05) is 11.7 Å². The molecule has 1 saturated heterocycles. The van der Waals surface area contributed by atoms with Crippen LogP contribution in [0.1, 0.15) is 43.9 Å². The number of para-hydroxylation sites is 1. The lowest BCUT2D eigenvalue weighted by Crippen LogP contribution is -3.15. The van der Waals surface area contributed by atoms with E-state index in [2.05, 4.69) is 39.8 Å². The van der Waals surface area contributed by atoms with Gasteiger partial charge in [-0.15, -0.1) is 0 Å². The second-order valence-electron chi connectivity index (χ2n) is 8.57. The Morgan fingerprint density at radius 2 is 1.74 bits per heavy atom. The smallest absolute Gasteiger partial charge is 0.309 e. The number of hydrogen-bond donors (Lipinski definition) is 3. The van der Waals surface area contributed by atoms with E-state index in [1.54, 1.807) is 6.26 Å². The SMILES string of the molecule is O=C(NC[C@H](c1ccco1)[NH+]1CCN(c2ccccc2)CC1)C(=O)NC1CCCCC1. The molecule has 1 saturated carbocycles. The molecule has 166 valence electrons. The number of hydrogen-bond acceptors (Lipinski definition) is 4. The van der Waals surface area contributed by atoms with Crippen LogP contribution in [0.2, 0.25) is 0 Å². The first-order chi connectivity index (χ1) is 15.2. The van der Waals surface area contributed by atoms with Gasteiger partial charge in [0.05, 0.1) is 39.0 Å². The second kappa shape index (κ2) is 10.5. The van der Waals surface area contributed by atoms with E-state index < -0.39 is 11.8 Å². The van der Waals surface area contributed by atoms with Crippen LogP contribution >= 0.6 is 0 Å². The second-order valence-corrected chi connectivity index (χ2v) is 8.57. The number of rotatable bonds is 6. The van der Waals surface area contributed by atoms with Crippen LogP contribution in [-0.2, 0) is 9.59 Å². The molecule has 1 aliphatic heterocycles. The first-order valence-corrected chi connectivity index (χ1v) is 11.5. The average molecular weight is 426 g/mol. The number of carbonyl (C=O) groups excluding carboxylic acids is 2.